The van der Waals surface area contributed by atoms with Crippen molar-refractivity contribution in [1.82, 2.24) is 9.80 Å². The molecule has 1 N–H and O–H groups in total. The van der Waals surface area contributed by atoms with Crippen molar-refractivity contribution in [2.75, 3.05) is 26.2 Å². The molecule has 5 nitrogen and oxygen atoms in total. The minimum absolute atomic E-state index is 0.00741. The molecule has 0 spiro atoms. The molecule has 0 bridgehead atoms. The van der Waals surface area contributed by atoms with Crippen LogP contribution in [0.2, 0.25) is 0 Å². The van der Waals surface area contributed by atoms with Gasteiger partial charge >= 0.3 is 5.97 Å². The highest BCUT2D eigenvalue weighted by molar-refractivity contribution is 5.83. The van der Waals surface area contributed by atoms with E-state index >= 15 is 0 Å². The third kappa shape index (κ3) is 4.78. The van der Waals surface area contributed by atoms with Gasteiger partial charge in [0.15, 0.2) is 0 Å². The summed E-state index contributed by atoms with van der Waals surface area (Å²) in [5, 5.41) is 8.99. The van der Waals surface area contributed by atoms with Crippen molar-refractivity contribution >= 4 is 11.9 Å². The Labute approximate surface area is 121 Å². The van der Waals surface area contributed by atoms with Gasteiger partial charge in [0.1, 0.15) is 6.54 Å². The van der Waals surface area contributed by atoms with Crippen LogP contribution in [0, 0.1) is 11.8 Å². The highest BCUT2D eigenvalue weighted by atomic mass is 16.4. The number of nitrogens with zero attached hydrogens (tertiary/aromatic N) is 2. The first kappa shape index (κ1) is 17.0. The SMILES string of the molecule is CC[C@H](C)N(CC(=O)O)C(=O)[C@@H]1CCN(CC(C)C)C1. The zero-order chi connectivity index (χ0) is 15.3. The molecule has 1 rings (SSSR count). The maximum absolute atomic E-state index is 12.5. The van der Waals surface area contributed by atoms with Gasteiger partial charge in [0.25, 0.3) is 0 Å². The van der Waals surface area contributed by atoms with Gasteiger partial charge in [-0.15, -0.1) is 0 Å². The summed E-state index contributed by atoms with van der Waals surface area (Å²) in [6.45, 7) is 10.8. The topological polar surface area (TPSA) is 60.9 Å². The Hall–Kier alpha value is -1.10. The Morgan fingerprint density at radius 3 is 2.50 bits per heavy atom. The first-order valence-corrected chi connectivity index (χ1v) is 7.59. The van der Waals surface area contributed by atoms with E-state index in [0.717, 1.165) is 32.5 Å². The Morgan fingerprint density at radius 1 is 1.35 bits per heavy atom. The van der Waals surface area contributed by atoms with Crippen LogP contribution in [0.1, 0.15) is 40.5 Å². The van der Waals surface area contributed by atoms with E-state index in [-0.39, 0.29) is 24.4 Å². The molecule has 0 aromatic heterocycles. The summed E-state index contributed by atoms with van der Waals surface area (Å²) in [6.07, 6.45) is 1.62. The predicted molar refractivity (Wildman–Crippen MR) is 78.5 cm³/mol. The summed E-state index contributed by atoms with van der Waals surface area (Å²) in [5.74, 6) is -0.376. The van der Waals surface area contributed by atoms with E-state index in [9.17, 15) is 9.59 Å². The first-order chi connectivity index (χ1) is 9.35. The van der Waals surface area contributed by atoms with Crippen LogP contribution in [0.4, 0.5) is 0 Å². The Balaban J connectivity index is 2.64. The van der Waals surface area contributed by atoms with Gasteiger partial charge in [-0.3, -0.25) is 9.59 Å². The van der Waals surface area contributed by atoms with E-state index in [4.69, 9.17) is 5.11 Å². The average molecular weight is 284 g/mol. The van der Waals surface area contributed by atoms with Gasteiger partial charge in [-0.2, -0.15) is 0 Å². The monoisotopic (exact) mass is 284 g/mol. The van der Waals surface area contributed by atoms with Gasteiger partial charge in [0.2, 0.25) is 5.91 Å². The number of rotatable bonds is 7. The van der Waals surface area contributed by atoms with Crippen LogP contribution in [-0.4, -0.2) is 59.0 Å². The average Bonchev–Trinajstić information content (AvgIpc) is 2.81. The number of carboxylic acids is 1. The minimum atomic E-state index is -0.935. The van der Waals surface area contributed by atoms with Gasteiger partial charge in [0.05, 0.1) is 5.92 Å². The van der Waals surface area contributed by atoms with E-state index < -0.39 is 5.97 Å². The quantitative estimate of drug-likeness (QED) is 0.772. The van der Waals surface area contributed by atoms with Crippen LogP contribution in [0.15, 0.2) is 0 Å². The van der Waals surface area contributed by atoms with Crippen LogP contribution < -0.4 is 0 Å². The molecule has 1 heterocycles. The number of carbonyl (C=O) groups is 2. The minimum Gasteiger partial charge on any atom is -0.480 e. The van der Waals surface area contributed by atoms with Crippen LogP contribution in [0.3, 0.4) is 0 Å². The van der Waals surface area contributed by atoms with Crippen LogP contribution in [0.5, 0.6) is 0 Å². The molecule has 1 saturated heterocycles. The van der Waals surface area contributed by atoms with Gasteiger partial charge in [0, 0.05) is 19.1 Å². The smallest absolute Gasteiger partial charge is 0.323 e. The molecular formula is C15H28N2O3. The maximum Gasteiger partial charge on any atom is 0.323 e. The van der Waals surface area contributed by atoms with Crippen molar-refractivity contribution in [2.24, 2.45) is 11.8 Å². The van der Waals surface area contributed by atoms with Crippen molar-refractivity contribution in [2.45, 2.75) is 46.6 Å². The maximum atomic E-state index is 12.5. The van der Waals surface area contributed by atoms with E-state index in [2.05, 4.69) is 18.7 Å². The molecule has 0 unspecified atom stereocenters. The van der Waals surface area contributed by atoms with E-state index in [0.29, 0.717) is 5.92 Å². The predicted octanol–water partition coefficient (Wildman–Crippen LogP) is 1.68. The summed E-state index contributed by atoms with van der Waals surface area (Å²) in [6, 6.07) is -0.0160. The molecule has 2 atom stereocenters. The van der Waals surface area contributed by atoms with E-state index in [1.807, 2.05) is 13.8 Å². The highest BCUT2D eigenvalue weighted by Gasteiger charge is 2.33. The third-order valence-corrected chi connectivity index (χ3v) is 3.96. The molecule has 0 aromatic carbocycles. The lowest BCUT2D eigenvalue weighted by atomic mass is 10.1. The van der Waals surface area contributed by atoms with E-state index in [1.54, 1.807) is 0 Å². The number of carboxylic acid groups (broad SMARTS) is 1. The van der Waals surface area contributed by atoms with Crippen LogP contribution >= 0.6 is 0 Å². The van der Waals surface area contributed by atoms with Gasteiger partial charge in [-0.05, 0) is 32.2 Å². The van der Waals surface area contributed by atoms with Crippen molar-refractivity contribution in [1.29, 1.82) is 0 Å². The summed E-state index contributed by atoms with van der Waals surface area (Å²) < 4.78 is 0. The van der Waals surface area contributed by atoms with Crippen molar-refractivity contribution in [3.05, 3.63) is 0 Å². The lowest BCUT2D eigenvalue weighted by Crippen LogP contribution is -2.45. The molecule has 1 aliphatic rings. The normalized spacial score (nSPS) is 21.1. The second-order valence-corrected chi connectivity index (χ2v) is 6.26. The molecule has 0 aliphatic carbocycles. The van der Waals surface area contributed by atoms with Crippen LogP contribution in [0.25, 0.3) is 0 Å². The fourth-order valence-electron chi connectivity index (χ4n) is 2.77. The second-order valence-electron chi connectivity index (χ2n) is 6.26. The Bertz CT molecular complexity index is 344. The Morgan fingerprint density at radius 2 is 2.00 bits per heavy atom. The van der Waals surface area contributed by atoms with Crippen molar-refractivity contribution in [3.63, 3.8) is 0 Å². The second kappa shape index (κ2) is 7.62. The highest BCUT2D eigenvalue weighted by Crippen LogP contribution is 2.21. The largest absolute Gasteiger partial charge is 0.480 e. The van der Waals surface area contributed by atoms with Crippen LogP contribution in [-0.2, 0) is 9.59 Å². The molecule has 116 valence electrons. The molecular weight excluding hydrogens is 256 g/mol. The van der Waals surface area contributed by atoms with Crippen molar-refractivity contribution in [3.8, 4) is 0 Å². The lowest BCUT2D eigenvalue weighted by Gasteiger charge is -2.29. The Kier molecular flexibility index (Phi) is 6.46. The molecule has 0 saturated carbocycles. The molecule has 0 radical (unpaired) electrons. The van der Waals surface area contributed by atoms with Gasteiger partial charge in [-0.25, -0.2) is 0 Å². The number of hydrogen-bond donors (Lipinski definition) is 1. The molecule has 0 aromatic rings. The molecule has 1 aliphatic heterocycles. The molecule has 1 fully saturated rings. The summed E-state index contributed by atoms with van der Waals surface area (Å²) >= 11 is 0. The van der Waals surface area contributed by atoms with E-state index in [1.165, 1.54) is 4.90 Å². The fraction of sp³-hybridized carbons (Fsp3) is 0.867. The molecule has 5 heteroatoms. The molecule has 20 heavy (non-hydrogen) atoms. The summed E-state index contributed by atoms with van der Waals surface area (Å²) in [5.41, 5.74) is 0. The number of amides is 1. The summed E-state index contributed by atoms with van der Waals surface area (Å²) in [7, 11) is 0. The zero-order valence-corrected chi connectivity index (χ0v) is 13.1. The standard InChI is InChI=1S/C15H28N2O3/c1-5-12(4)17(10-14(18)19)15(20)13-6-7-16(9-13)8-11(2)3/h11-13H,5-10H2,1-4H3,(H,18,19)/t12-,13+/m0/s1. The van der Waals surface area contributed by atoms with Gasteiger partial charge in [-0.1, -0.05) is 20.8 Å². The first-order valence-electron chi connectivity index (χ1n) is 7.59. The number of hydrogen-bond acceptors (Lipinski definition) is 3. The number of likely N-dealkylation sites (tertiary alicyclic amines) is 1. The number of carbonyl (C=O) groups excluding carboxylic acids is 1. The summed E-state index contributed by atoms with van der Waals surface area (Å²) in [4.78, 5) is 27.3. The third-order valence-electron chi connectivity index (χ3n) is 3.96. The molecule has 1 amide bonds. The fourth-order valence-corrected chi connectivity index (χ4v) is 2.77. The number of aliphatic carboxylic acids is 1. The van der Waals surface area contributed by atoms with Gasteiger partial charge < -0.3 is 14.9 Å². The zero-order valence-electron chi connectivity index (χ0n) is 13.1. The lowest BCUT2D eigenvalue weighted by molar-refractivity contribution is -0.148. The van der Waals surface area contributed by atoms with Crippen molar-refractivity contribution < 1.29 is 14.7 Å².